The zero-order chi connectivity index (χ0) is 33.9. The van der Waals surface area contributed by atoms with Crippen molar-refractivity contribution < 1.29 is 32.3 Å². The number of nitrogens with zero attached hydrogens (tertiary/aromatic N) is 1. The molecule has 0 fully saturated rings. The molecule has 0 bridgehead atoms. The van der Waals surface area contributed by atoms with E-state index in [1.54, 1.807) is 30.0 Å². The molecule has 1 aromatic heterocycles. The quantitative estimate of drug-likeness (QED) is 0.106. The monoisotopic (exact) mass is 645 g/mol. The Bertz CT molecular complexity index is 1660. The number of aldehydes is 1. The fourth-order valence-corrected chi connectivity index (χ4v) is 5.51. The largest absolute Gasteiger partial charge is 0.464 e. The van der Waals surface area contributed by atoms with Crippen LogP contribution in [0.4, 0.5) is 8.78 Å². The molecular weight excluding hydrogens is 604 g/mol. The van der Waals surface area contributed by atoms with Crippen molar-refractivity contribution in [3.63, 3.8) is 0 Å². The molecule has 0 radical (unpaired) electrons. The minimum Gasteiger partial charge on any atom is -0.464 e. The van der Waals surface area contributed by atoms with Gasteiger partial charge in [0, 0.05) is 49.4 Å². The molecule has 1 amide bonds. The van der Waals surface area contributed by atoms with Crippen molar-refractivity contribution in [3.8, 4) is 11.3 Å². The number of amides is 1. The second-order valence-electron chi connectivity index (χ2n) is 11.6. The van der Waals surface area contributed by atoms with Gasteiger partial charge < -0.3 is 25.1 Å². The van der Waals surface area contributed by atoms with Gasteiger partial charge in [0.05, 0.1) is 17.4 Å². The van der Waals surface area contributed by atoms with Gasteiger partial charge in [-0.15, -0.1) is 0 Å². The lowest BCUT2D eigenvalue weighted by molar-refractivity contribution is 0.0238. The van der Waals surface area contributed by atoms with Gasteiger partial charge in [-0.1, -0.05) is 32.0 Å². The molecule has 0 saturated heterocycles. The Balaban J connectivity index is 1.53. The van der Waals surface area contributed by atoms with E-state index in [-0.39, 0.29) is 24.4 Å². The maximum absolute atomic E-state index is 13.9. The van der Waals surface area contributed by atoms with Gasteiger partial charge in [-0.25, -0.2) is 13.6 Å². The van der Waals surface area contributed by atoms with Crippen LogP contribution in [0.2, 0.25) is 0 Å². The van der Waals surface area contributed by atoms with Crippen molar-refractivity contribution in [1.82, 2.24) is 10.2 Å². The van der Waals surface area contributed by atoms with Crippen molar-refractivity contribution in [3.05, 3.63) is 118 Å². The van der Waals surface area contributed by atoms with Crippen LogP contribution >= 0.6 is 0 Å². The number of hydrogen-bond donors (Lipinski definition) is 2. The summed E-state index contributed by atoms with van der Waals surface area (Å²) in [6, 6.07) is 16.3. The van der Waals surface area contributed by atoms with Gasteiger partial charge in [0.1, 0.15) is 23.5 Å². The summed E-state index contributed by atoms with van der Waals surface area (Å²) in [5.41, 5.74) is 10.2. The molecule has 2 atom stereocenters. The van der Waals surface area contributed by atoms with Crippen LogP contribution < -0.4 is 11.1 Å². The number of halogens is 2. The number of ether oxygens (including phenoxy) is 1. The van der Waals surface area contributed by atoms with Gasteiger partial charge in [0.25, 0.3) is 5.91 Å². The number of furan rings is 1. The van der Waals surface area contributed by atoms with E-state index >= 15 is 0 Å². The van der Waals surface area contributed by atoms with E-state index in [9.17, 15) is 23.2 Å². The lowest BCUT2D eigenvalue weighted by Crippen LogP contribution is -2.46. The first-order valence-electron chi connectivity index (χ1n) is 15.8. The lowest BCUT2D eigenvalue weighted by Gasteiger charge is -2.25. The molecule has 4 rings (SSSR count). The number of carbonyl (C=O) groups excluding carboxylic acids is 3. The average molecular weight is 646 g/mol. The van der Waals surface area contributed by atoms with Gasteiger partial charge in [-0.05, 0) is 85.3 Å². The normalized spacial score (nSPS) is 12.4. The Hall–Kier alpha value is -4.67. The molecule has 47 heavy (non-hydrogen) atoms. The van der Waals surface area contributed by atoms with Crippen LogP contribution in [-0.4, -0.2) is 54.8 Å². The van der Waals surface area contributed by atoms with Crippen LogP contribution in [0.25, 0.3) is 11.3 Å². The Labute approximate surface area is 273 Å². The fourth-order valence-electron chi connectivity index (χ4n) is 5.51. The third-order valence-corrected chi connectivity index (χ3v) is 7.65. The molecule has 1 heterocycles. The Morgan fingerprint density at radius 1 is 0.957 bits per heavy atom. The lowest BCUT2D eigenvalue weighted by atomic mass is 10.0. The molecule has 0 aliphatic heterocycles. The molecule has 4 aromatic rings. The van der Waals surface area contributed by atoms with Gasteiger partial charge in [-0.3, -0.25) is 9.59 Å². The molecule has 0 saturated carbocycles. The van der Waals surface area contributed by atoms with Gasteiger partial charge >= 0.3 is 5.97 Å². The zero-order valence-electron chi connectivity index (χ0n) is 26.9. The SMILES string of the molecule is CCCN(CCC)C(=O)c1cc(C)cc(C(=O)O[C@H](CNCc2cccc(-c3occc3C=O)c2)[C@@H](N)Cc2cc(F)cc(F)c2)c1. The number of hydrogen-bond acceptors (Lipinski definition) is 7. The van der Waals surface area contributed by atoms with E-state index in [2.05, 4.69) is 5.32 Å². The molecule has 8 nitrogen and oxygen atoms in total. The topological polar surface area (TPSA) is 115 Å². The van der Waals surface area contributed by atoms with E-state index in [0.29, 0.717) is 42.1 Å². The second kappa shape index (κ2) is 16.8. The summed E-state index contributed by atoms with van der Waals surface area (Å²) in [5, 5.41) is 3.27. The number of carbonyl (C=O) groups is 3. The summed E-state index contributed by atoms with van der Waals surface area (Å²) in [4.78, 5) is 40.0. The van der Waals surface area contributed by atoms with Gasteiger partial charge in [0.15, 0.2) is 6.29 Å². The number of rotatable bonds is 16. The highest BCUT2D eigenvalue weighted by molar-refractivity contribution is 5.98. The molecule has 0 spiro atoms. The first-order chi connectivity index (χ1) is 22.6. The van der Waals surface area contributed by atoms with E-state index in [0.717, 1.165) is 41.9 Å². The van der Waals surface area contributed by atoms with Gasteiger partial charge in [0.2, 0.25) is 0 Å². The maximum atomic E-state index is 13.9. The summed E-state index contributed by atoms with van der Waals surface area (Å²) in [7, 11) is 0. The summed E-state index contributed by atoms with van der Waals surface area (Å²) in [5.74, 6) is -1.84. The Morgan fingerprint density at radius 3 is 2.34 bits per heavy atom. The van der Waals surface area contributed by atoms with Crippen LogP contribution in [0.1, 0.15) is 74.5 Å². The van der Waals surface area contributed by atoms with Gasteiger partial charge in [-0.2, -0.15) is 0 Å². The number of nitrogens with two attached hydrogens (primary N) is 1. The van der Waals surface area contributed by atoms with Crippen molar-refractivity contribution in [1.29, 1.82) is 0 Å². The first kappa shape index (κ1) is 35.2. The maximum Gasteiger partial charge on any atom is 0.338 e. The zero-order valence-corrected chi connectivity index (χ0v) is 26.9. The third kappa shape index (κ3) is 9.67. The molecule has 0 aliphatic carbocycles. The molecule has 10 heteroatoms. The standard InChI is InChI=1S/C37H41F2N3O5/c1-4-10-42(11-5-2)36(44)29-13-24(3)14-30(19-29)37(45)47-34(33(40)18-26-16-31(38)20-32(39)17-26)22-41-21-25-7-6-8-27(15-25)35-28(23-43)9-12-46-35/h6-9,12-17,19-20,23,33-34,41H,4-5,10-11,18,21-22,40H2,1-3H3/t33-,34+/m0/s1. The third-order valence-electron chi connectivity index (χ3n) is 7.65. The molecular formula is C37H41F2N3O5. The van der Waals surface area contributed by atoms with Crippen molar-refractivity contribution >= 4 is 18.2 Å². The number of nitrogens with one attached hydrogen (secondary N) is 1. The van der Waals surface area contributed by atoms with Crippen LogP contribution in [0.3, 0.4) is 0 Å². The summed E-state index contributed by atoms with van der Waals surface area (Å²) < 4.78 is 39.3. The molecule has 3 aromatic carbocycles. The summed E-state index contributed by atoms with van der Waals surface area (Å²) in [6.45, 7) is 7.49. The minimum atomic E-state index is -0.903. The first-order valence-corrected chi connectivity index (χ1v) is 15.8. The van der Waals surface area contributed by atoms with E-state index in [4.69, 9.17) is 14.9 Å². The Morgan fingerprint density at radius 2 is 1.66 bits per heavy atom. The predicted molar refractivity (Wildman–Crippen MR) is 176 cm³/mol. The molecule has 0 aliphatic rings. The van der Waals surface area contributed by atoms with Crippen molar-refractivity contribution in [2.45, 2.75) is 58.7 Å². The van der Waals surface area contributed by atoms with Crippen LogP contribution in [0.15, 0.2) is 77.4 Å². The summed E-state index contributed by atoms with van der Waals surface area (Å²) >= 11 is 0. The Kier molecular flexibility index (Phi) is 12.5. The highest BCUT2D eigenvalue weighted by Gasteiger charge is 2.25. The fraction of sp³-hybridized carbons (Fsp3) is 0.324. The highest BCUT2D eigenvalue weighted by atomic mass is 19.1. The minimum absolute atomic E-state index is 0.0390. The van der Waals surface area contributed by atoms with Crippen molar-refractivity contribution in [2.75, 3.05) is 19.6 Å². The second-order valence-corrected chi connectivity index (χ2v) is 11.6. The number of esters is 1. The van der Waals surface area contributed by atoms with Crippen LogP contribution in [0.5, 0.6) is 0 Å². The van der Waals surface area contributed by atoms with E-state index < -0.39 is 29.7 Å². The number of aryl methyl sites for hydroxylation is 1. The summed E-state index contributed by atoms with van der Waals surface area (Å²) in [6.07, 6.45) is 2.93. The molecule has 0 unspecified atom stereocenters. The molecule has 3 N–H and O–H groups in total. The number of benzene rings is 3. The predicted octanol–water partition coefficient (Wildman–Crippen LogP) is 6.49. The van der Waals surface area contributed by atoms with Crippen molar-refractivity contribution in [2.24, 2.45) is 5.73 Å². The average Bonchev–Trinajstić information content (AvgIpc) is 3.52. The van der Waals surface area contributed by atoms with E-state index in [1.165, 1.54) is 24.5 Å². The van der Waals surface area contributed by atoms with Crippen LogP contribution in [-0.2, 0) is 17.7 Å². The smallest absolute Gasteiger partial charge is 0.338 e. The van der Waals surface area contributed by atoms with Crippen LogP contribution in [0, 0.1) is 18.6 Å². The molecule has 248 valence electrons. The highest BCUT2D eigenvalue weighted by Crippen LogP contribution is 2.25. The van der Waals surface area contributed by atoms with E-state index in [1.807, 2.05) is 38.1 Å².